The Balaban J connectivity index is 0.000000182. The summed E-state index contributed by atoms with van der Waals surface area (Å²) in [7, 11) is -1.78. The summed E-state index contributed by atoms with van der Waals surface area (Å²) in [6, 6.07) is 26.4. The Hall–Kier alpha value is -6.34. The highest BCUT2D eigenvalue weighted by atomic mass is 35.5. The molecule has 3 aromatic carbocycles. The molecule has 0 amide bonds. The highest BCUT2D eigenvalue weighted by Crippen LogP contribution is 2.30. The number of esters is 2. The number of anilines is 1. The number of hydrogen-bond donors (Lipinski definition) is 4. The van der Waals surface area contributed by atoms with Crippen LogP contribution in [0.4, 0.5) is 5.82 Å². The quantitative estimate of drug-likeness (QED) is 0.0837. The molecule has 17 nitrogen and oxygen atoms in total. The number of benzene rings is 3. The molecule has 0 unspecified atom stereocenters. The number of carbonyl (C=O) groups is 2. The van der Waals surface area contributed by atoms with Gasteiger partial charge in [-0.15, -0.1) is 0 Å². The van der Waals surface area contributed by atoms with Gasteiger partial charge in [-0.3, -0.25) is 0 Å². The summed E-state index contributed by atoms with van der Waals surface area (Å²) in [6.45, 7) is 2.26. The van der Waals surface area contributed by atoms with E-state index in [1.807, 2.05) is 36.4 Å². The second kappa shape index (κ2) is 21.6. The van der Waals surface area contributed by atoms with Gasteiger partial charge in [0.1, 0.15) is 11.0 Å². The third kappa shape index (κ3) is 11.3. The van der Waals surface area contributed by atoms with Crippen molar-refractivity contribution in [2.75, 3.05) is 19.5 Å². The zero-order valence-electron chi connectivity index (χ0n) is 35.4. The molecule has 0 radical (unpaired) electrons. The Morgan fingerprint density at radius 3 is 1.77 bits per heavy atom. The molecule has 342 valence electrons. The molecular formula is C46H52ClN9O8S. The molecule has 65 heavy (non-hydrogen) atoms. The molecule has 0 atom stereocenters. The first-order valence-electron chi connectivity index (χ1n) is 20.8. The number of methoxy groups -OCH3 is 2. The molecule has 19 heteroatoms. The monoisotopic (exact) mass is 925 g/mol. The first-order chi connectivity index (χ1) is 30.9. The number of nitrogens with zero attached hydrogens (tertiary/aromatic N) is 7. The lowest BCUT2D eigenvalue weighted by molar-refractivity contribution is 0.0579. The Bertz CT molecular complexity index is 2800. The van der Waals surface area contributed by atoms with Crippen LogP contribution in [0.1, 0.15) is 87.0 Å². The first-order valence-corrected chi connectivity index (χ1v) is 22.6. The third-order valence-electron chi connectivity index (χ3n) is 10.9. The number of aromatic nitrogens is 8. The Morgan fingerprint density at radius 2 is 1.23 bits per heavy atom. The van der Waals surface area contributed by atoms with E-state index in [2.05, 4.69) is 47.1 Å². The topological polar surface area (TPSA) is 237 Å². The molecule has 2 aliphatic rings. The van der Waals surface area contributed by atoms with E-state index in [1.54, 1.807) is 42.5 Å². The molecule has 4 heterocycles. The number of nitrogens with one attached hydrogen (secondary N) is 2. The fourth-order valence-corrected chi connectivity index (χ4v) is 8.95. The average Bonchev–Trinajstić information content (AvgIpc) is 3.95. The molecule has 4 aromatic heterocycles. The van der Waals surface area contributed by atoms with Gasteiger partial charge in [0.25, 0.3) is 10.0 Å². The SMILES string of the molecule is C.CC1CCC(O)CC1.COC(=O)c1nc2c(Cl)nc(-c3ccccc3)nc2n1S(=O)(=O)c1ccccc1.COC(=O)c1nc2nc(-c3ccccc3)nc(NC3CCC(O)CC3)c2[nH]1. The van der Waals surface area contributed by atoms with Crippen LogP contribution in [-0.2, 0) is 19.5 Å². The predicted octanol–water partition coefficient (Wildman–Crippen LogP) is 7.89. The number of ether oxygens (including phenoxy) is 2. The van der Waals surface area contributed by atoms with Crippen molar-refractivity contribution in [3.63, 3.8) is 0 Å². The number of aromatic amines is 1. The summed E-state index contributed by atoms with van der Waals surface area (Å²) >= 11 is 6.27. The number of imidazole rings is 2. The first kappa shape index (κ1) is 48.1. The van der Waals surface area contributed by atoms with Crippen LogP contribution in [0.15, 0.2) is 95.9 Å². The Kier molecular flexibility index (Phi) is 16.0. The van der Waals surface area contributed by atoms with Gasteiger partial charge in [-0.2, -0.15) is 3.97 Å². The van der Waals surface area contributed by atoms with Crippen LogP contribution in [0.3, 0.4) is 0 Å². The highest BCUT2D eigenvalue weighted by Gasteiger charge is 2.31. The van der Waals surface area contributed by atoms with Crippen molar-refractivity contribution in [2.45, 2.75) is 88.9 Å². The van der Waals surface area contributed by atoms with Crippen LogP contribution < -0.4 is 5.32 Å². The molecule has 2 saturated carbocycles. The van der Waals surface area contributed by atoms with Gasteiger partial charge in [0, 0.05) is 17.2 Å². The number of hydrogen-bond acceptors (Lipinski definition) is 15. The van der Waals surface area contributed by atoms with Crippen molar-refractivity contribution >= 4 is 61.7 Å². The number of carbonyl (C=O) groups excluding carboxylic acids is 2. The van der Waals surface area contributed by atoms with Crippen molar-refractivity contribution in [3.8, 4) is 22.8 Å². The van der Waals surface area contributed by atoms with Gasteiger partial charge in [0.05, 0.1) is 31.3 Å². The van der Waals surface area contributed by atoms with Crippen LogP contribution in [0, 0.1) is 5.92 Å². The molecule has 2 aliphatic carbocycles. The maximum atomic E-state index is 13.3. The van der Waals surface area contributed by atoms with Gasteiger partial charge in [-0.05, 0) is 69.4 Å². The molecular weight excluding hydrogens is 874 g/mol. The van der Waals surface area contributed by atoms with Gasteiger partial charge in [0.2, 0.25) is 11.6 Å². The maximum absolute atomic E-state index is 13.3. The van der Waals surface area contributed by atoms with Crippen molar-refractivity contribution < 1.29 is 37.7 Å². The molecule has 0 spiro atoms. The zero-order chi connectivity index (χ0) is 45.4. The number of halogens is 1. The summed E-state index contributed by atoms with van der Waals surface area (Å²) in [5.41, 5.74) is 2.33. The molecule has 0 bridgehead atoms. The highest BCUT2D eigenvalue weighted by molar-refractivity contribution is 7.90. The van der Waals surface area contributed by atoms with Crippen LogP contribution in [-0.4, -0.2) is 102 Å². The number of H-pyrrole nitrogens is 1. The molecule has 7 aromatic rings. The smallest absolute Gasteiger partial charge is 0.375 e. The van der Waals surface area contributed by atoms with Crippen molar-refractivity contribution in [3.05, 3.63) is 108 Å². The van der Waals surface area contributed by atoms with E-state index < -0.39 is 27.8 Å². The minimum atomic E-state index is -4.22. The largest absolute Gasteiger partial charge is 0.463 e. The Morgan fingerprint density at radius 1 is 0.708 bits per heavy atom. The van der Waals surface area contributed by atoms with Gasteiger partial charge < -0.3 is 30.0 Å². The second-order valence-corrected chi connectivity index (χ2v) is 17.6. The second-order valence-electron chi connectivity index (χ2n) is 15.5. The maximum Gasteiger partial charge on any atom is 0.375 e. The fraction of sp³-hybridized carbons (Fsp3) is 0.348. The predicted molar refractivity (Wildman–Crippen MR) is 247 cm³/mol. The normalized spacial score (nSPS) is 18.2. The number of fused-ring (bicyclic) bond motifs is 2. The summed E-state index contributed by atoms with van der Waals surface area (Å²) in [6.07, 6.45) is 7.51. The van der Waals surface area contributed by atoms with Gasteiger partial charge in [-0.1, -0.05) is 105 Å². The van der Waals surface area contributed by atoms with Crippen molar-refractivity contribution in [2.24, 2.45) is 5.92 Å². The Labute approximate surface area is 381 Å². The van der Waals surface area contributed by atoms with E-state index in [4.69, 9.17) is 26.2 Å². The lowest BCUT2D eigenvalue weighted by atomic mass is 9.89. The van der Waals surface area contributed by atoms with Gasteiger partial charge in [0.15, 0.2) is 33.9 Å². The average molecular weight is 926 g/mol. The van der Waals surface area contributed by atoms with Crippen LogP contribution in [0.25, 0.3) is 45.1 Å². The van der Waals surface area contributed by atoms with Gasteiger partial charge >= 0.3 is 11.9 Å². The molecule has 0 saturated heterocycles. The van der Waals surface area contributed by atoms with Crippen LogP contribution >= 0.6 is 11.6 Å². The van der Waals surface area contributed by atoms with E-state index in [-0.39, 0.29) is 58.5 Å². The van der Waals surface area contributed by atoms with E-state index in [0.29, 0.717) is 28.4 Å². The lowest BCUT2D eigenvalue weighted by Gasteiger charge is -2.26. The summed E-state index contributed by atoms with van der Waals surface area (Å²) in [4.78, 5) is 53.1. The minimum Gasteiger partial charge on any atom is -0.463 e. The van der Waals surface area contributed by atoms with Gasteiger partial charge in [-0.25, -0.2) is 47.9 Å². The van der Waals surface area contributed by atoms with Crippen LogP contribution in [0.5, 0.6) is 0 Å². The van der Waals surface area contributed by atoms with E-state index in [9.17, 15) is 23.1 Å². The molecule has 4 N–H and O–H groups in total. The van der Waals surface area contributed by atoms with E-state index in [1.165, 1.54) is 32.1 Å². The van der Waals surface area contributed by atoms with Crippen LogP contribution in [0.2, 0.25) is 5.15 Å². The summed E-state index contributed by atoms with van der Waals surface area (Å²) in [5, 5.41) is 22.1. The molecule has 2 fully saturated rings. The minimum absolute atomic E-state index is 0. The van der Waals surface area contributed by atoms with E-state index >= 15 is 0 Å². The van der Waals surface area contributed by atoms with E-state index in [0.717, 1.165) is 61.1 Å². The lowest BCUT2D eigenvalue weighted by Crippen LogP contribution is -2.28. The number of aliphatic hydroxyl groups is 2. The van der Waals surface area contributed by atoms with Crippen molar-refractivity contribution in [1.82, 2.24) is 38.9 Å². The van der Waals surface area contributed by atoms with Crippen molar-refractivity contribution in [1.29, 1.82) is 0 Å². The number of rotatable bonds is 8. The summed E-state index contributed by atoms with van der Waals surface area (Å²) < 4.78 is 36.8. The molecule has 0 aliphatic heterocycles. The summed E-state index contributed by atoms with van der Waals surface area (Å²) in [5.74, 6) is 0.317. The number of aliphatic hydroxyl groups excluding tert-OH is 2. The third-order valence-corrected chi connectivity index (χ3v) is 12.8. The fourth-order valence-electron chi connectivity index (χ4n) is 7.33. The zero-order valence-corrected chi connectivity index (χ0v) is 37.0. The molecule has 9 rings (SSSR count). The standard InChI is InChI=1S/C19H13ClN4O4S.C19H21N5O3.C7H14O.CH4/c1-28-19(25)18-21-14-15(20)22-16(12-8-4-2-5-9-12)23-17(14)24(18)29(26,27)13-10-6-3-7-11-13;1-27-19(26)18-21-14-16(20-12-7-9-13(25)10-8-12)22-15(23-17(14)24-18)11-5-3-2-4-6-11;1-6-2-4-7(8)5-3-6;/h2-11H,1H3;2-6,12-13,25H,7-10H2,1H3,(H2,20,21,22,23,24);6-8H,2-5H2,1H3;1H4.